The molecule has 5 nitrogen and oxygen atoms in total. The van der Waals surface area contributed by atoms with E-state index < -0.39 is 15.3 Å². The number of alkyl halides is 1. The molecule has 2 atom stereocenters. The highest BCUT2D eigenvalue weighted by Gasteiger charge is 2.43. The fourth-order valence-electron chi connectivity index (χ4n) is 1.65. The molecule has 0 bridgehead atoms. The summed E-state index contributed by atoms with van der Waals surface area (Å²) in [4.78, 5) is 6.01. The van der Waals surface area contributed by atoms with E-state index in [1.807, 2.05) is 12.1 Å². The van der Waals surface area contributed by atoms with Gasteiger partial charge in [0.2, 0.25) is 10.0 Å². The number of pyridine rings is 1. The summed E-state index contributed by atoms with van der Waals surface area (Å²) in [6.07, 6.45) is 3.46. The van der Waals surface area contributed by atoms with E-state index in [0.717, 1.165) is 12.1 Å². The zero-order chi connectivity index (χ0) is 11.8. The largest absolute Gasteiger partial charge is 0.285 e. The maximum Gasteiger partial charge on any atom is 0.215 e. The first-order chi connectivity index (χ1) is 7.48. The van der Waals surface area contributed by atoms with E-state index in [9.17, 15) is 8.42 Å². The summed E-state index contributed by atoms with van der Waals surface area (Å²) < 4.78 is 22.3. The van der Waals surface area contributed by atoms with Crippen LogP contribution in [-0.4, -0.2) is 34.1 Å². The SMILES string of the molecule is NS(=O)(=O)C1CN(Cc2ccncc2)C1I. The van der Waals surface area contributed by atoms with Gasteiger partial charge in [-0.1, -0.05) is 22.6 Å². The van der Waals surface area contributed by atoms with Gasteiger partial charge < -0.3 is 0 Å². The Kier molecular flexibility index (Phi) is 3.48. The quantitative estimate of drug-likeness (QED) is 0.482. The van der Waals surface area contributed by atoms with Crippen molar-refractivity contribution in [2.24, 2.45) is 5.14 Å². The number of likely N-dealkylation sites (tertiary alicyclic amines) is 1. The van der Waals surface area contributed by atoms with E-state index >= 15 is 0 Å². The average Bonchev–Trinajstić information content (AvgIpc) is 2.23. The second kappa shape index (κ2) is 4.55. The van der Waals surface area contributed by atoms with Gasteiger partial charge in [0.15, 0.2) is 0 Å². The summed E-state index contributed by atoms with van der Waals surface area (Å²) in [5, 5.41) is 4.68. The van der Waals surface area contributed by atoms with Crippen LogP contribution in [0.2, 0.25) is 0 Å². The molecule has 0 spiro atoms. The van der Waals surface area contributed by atoms with E-state index in [2.05, 4.69) is 32.5 Å². The molecule has 7 heteroatoms. The minimum atomic E-state index is -3.40. The van der Waals surface area contributed by atoms with Gasteiger partial charge in [-0.3, -0.25) is 9.88 Å². The molecule has 1 saturated heterocycles. The van der Waals surface area contributed by atoms with Gasteiger partial charge in [0.05, 0.1) is 4.05 Å². The lowest BCUT2D eigenvalue weighted by atomic mass is 10.1. The highest BCUT2D eigenvalue weighted by atomic mass is 127. The molecule has 0 radical (unpaired) electrons. The Hall–Kier alpha value is -0.250. The molecule has 0 amide bonds. The molecule has 1 aromatic rings. The lowest BCUT2D eigenvalue weighted by molar-refractivity contribution is 0.161. The molecule has 1 aliphatic rings. The van der Waals surface area contributed by atoms with Crippen molar-refractivity contribution >= 4 is 32.6 Å². The number of halogens is 1. The Morgan fingerprint density at radius 2 is 2.12 bits per heavy atom. The molecule has 16 heavy (non-hydrogen) atoms. The van der Waals surface area contributed by atoms with Gasteiger partial charge in [-0.2, -0.15) is 0 Å². The lowest BCUT2D eigenvalue weighted by Gasteiger charge is -2.43. The highest BCUT2D eigenvalue weighted by molar-refractivity contribution is 14.1. The molecule has 0 saturated carbocycles. The standard InChI is InChI=1S/C9H12IN3O2S/c10-9-8(16(11,14)15)6-13(9)5-7-1-3-12-4-2-7/h1-4,8-9H,5-6H2,(H2,11,14,15). The minimum absolute atomic E-state index is 0.0410. The van der Waals surface area contributed by atoms with E-state index in [1.54, 1.807) is 12.4 Å². The average molecular weight is 353 g/mol. The monoisotopic (exact) mass is 353 g/mol. The van der Waals surface area contributed by atoms with Gasteiger partial charge in [0.1, 0.15) is 5.25 Å². The molecule has 1 fully saturated rings. The van der Waals surface area contributed by atoms with Crippen molar-refractivity contribution in [3.8, 4) is 0 Å². The van der Waals surface area contributed by atoms with Gasteiger partial charge in [-0.25, -0.2) is 13.6 Å². The number of sulfonamides is 1. The first-order valence-corrected chi connectivity index (χ1v) is 7.62. The Morgan fingerprint density at radius 1 is 1.50 bits per heavy atom. The maximum absolute atomic E-state index is 11.2. The molecule has 2 N–H and O–H groups in total. The summed E-state index contributed by atoms with van der Waals surface area (Å²) in [7, 11) is -3.40. The second-order valence-electron chi connectivity index (χ2n) is 3.79. The van der Waals surface area contributed by atoms with E-state index in [4.69, 9.17) is 5.14 Å². The Labute approximate surface area is 108 Å². The van der Waals surface area contributed by atoms with Crippen LogP contribution >= 0.6 is 22.6 Å². The van der Waals surface area contributed by atoms with Crippen LogP contribution in [0.1, 0.15) is 5.56 Å². The first-order valence-electron chi connectivity index (χ1n) is 4.77. The molecule has 1 aliphatic heterocycles. The zero-order valence-corrected chi connectivity index (χ0v) is 11.4. The summed E-state index contributed by atoms with van der Waals surface area (Å²) in [6.45, 7) is 1.25. The molecular weight excluding hydrogens is 341 g/mol. The summed E-state index contributed by atoms with van der Waals surface area (Å²) in [5.41, 5.74) is 1.13. The molecular formula is C9H12IN3O2S. The number of nitrogens with two attached hydrogens (primary N) is 1. The van der Waals surface area contributed by atoms with Gasteiger partial charge >= 0.3 is 0 Å². The number of hydrogen-bond acceptors (Lipinski definition) is 4. The molecule has 2 unspecified atom stereocenters. The zero-order valence-electron chi connectivity index (χ0n) is 8.45. The van der Waals surface area contributed by atoms with Crippen LogP contribution in [0, 0.1) is 0 Å². The van der Waals surface area contributed by atoms with Crippen molar-refractivity contribution in [3.63, 3.8) is 0 Å². The molecule has 1 aromatic heterocycles. The van der Waals surface area contributed by atoms with Crippen molar-refractivity contribution in [1.82, 2.24) is 9.88 Å². The topological polar surface area (TPSA) is 76.3 Å². The molecule has 2 rings (SSSR count). The number of primary sulfonamides is 1. The third kappa shape index (κ3) is 2.53. The summed E-state index contributed by atoms with van der Waals surface area (Å²) in [6, 6.07) is 3.85. The van der Waals surface area contributed by atoms with Crippen molar-refractivity contribution in [2.45, 2.75) is 15.8 Å². The van der Waals surface area contributed by atoms with Crippen LogP contribution < -0.4 is 5.14 Å². The number of hydrogen-bond donors (Lipinski definition) is 1. The summed E-state index contributed by atoms with van der Waals surface area (Å²) >= 11 is 2.12. The molecule has 0 aromatic carbocycles. The van der Waals surface area contributed by atoms with Crippen molar-refractivity contribution < 1.29 is 8.42 Å². The number of nitrogens with zero attached hydrogens (tertiary/aromatic N) is 2. The maximum atomic E-state index is 11.2. The Balaban J connectivity index is 1.97. The van der Waals surface area contributed by atoms with Crippen LogP contribution in [0.5, 0.6) is 0 Å². The van der Waals surface area contributed by atoms with Crippen molar-refractivity contribution in [1.29, 1.82) is 0 Å². The van der Waals surface area contributed by atoms with Gasteiger partial charge in [-0.05, 0) is 17.7 Å². The fraction of sp³-hybridized carbons (Fsp3) is 0.444. The predicted molar refractivity (Wildman–Crippen MR) is 69.4 cm³/mol. The van der Waals surface area contributed by atoms with Crippen molar-refractivity contribution in [2.75, 3.05) is 6.54 Å². The van der Waals surface area contributed by atoms with E-state index in [0.29, 0.717) is 6.54 Å². The predicted octanol–water partition coefficient (Wildman–Crippen LogP) is 0.315. The van der Waals surface area contributed by atoms with E-state index in [-0.39, 0.29) is 4.05 Å². The van der Waals surface area contributed by atoms with Crippen LogP contribution in [0.15, 0.2) is 24.5 Å². The van der Waals surface area contributed by atoms with Crippen LogP contribution in [-0.2, 0) is 16.6 Å². The minimum Gasteiger partial charge on any atom is -0.285 e. The number of aromatic nitrogens is 1. The second-order valence-corrected chi connectivity index (χ2v) is 6.84. The van der Waals surface area contributed by atoms with Gasteiger partial charge in [0.25, 0.3) is 0 Å². The van der Waals surface area contributed by atoms with Crippen LogP contribution in [0.25, 0.3) is 0 Å². The molecule has 88 valence electrons. The molecule has 2 heterocycles. The van der Waals surface area contributed by atoms with Crippen LogP contribution in [0.3, 0.4) is 0 Å². The third-order valence-electron chi connectivity index (χ3n) is 2.63. The Morgan fingerprint density at radius 3 is 2.62 bits per heavy atom. The van der Waals surface area contributed by atoms with E-state index in [1.165, 1.54) is 0 Å². The summed E-state index contributed by atoms with van der Waals surface area (Å²) in [5.74, 6) is 0. The lowest BCUT2D eigenvalue weighted by Crippen LogP contribution is -2.60. The smallest absolute Gasteiger partial charge is 0.215 e. The molecule has 0 aliphatic carbocycles. The highest BCUT2D eigenvalue weighted by Crippen LogP contribution is 2.29. The third-order valence-corrected chi connectivity index (χ3v) is 6.02. The Bertz CT molecular complexity index is 465. The first kappa shape index (κ1) is 12.2. The fourth-order valence-corrected chi connectivity index (χ4v) is 4.41. The van der Waals surface area contributed by atoms with Gasteiger partial charge in [-0.15, -0.1) is 0 Å². The van der Waals surface area contributed by atoms with Gasteiger partial charge in [0, 0.05) is 25.5 Å². The van der Waals surface area contributed by atoms with Crippen molar-refractivity contribution in [3.05, 3.63) is 30.1 Å². The normalized spacial score (nSPS) is 26.4. The van der Waals surface area contributed by atoms with Crippen LogP contribution in [0.4, 0.5) is 0 Å². The number of rotatable bonds is 3.